The summed E-state index contributed by atoms with van der Waals surface area (Å²) in [5.41, 5.74) is 1.11. The Hall–Kier alpha value is -0.440. The highest BCUT2D eigenvalue weighted by Gasteiger charge is 1.95. The molecule has 0 amide bonds. The molecule has 0 aromatic heterocycles. The summed E-state index contributed by atoms with van der Waals surface area (Å²) in [6.07, 6.45) is 0.915. The molecule has 0 saturated carbocycles. The molecule has 0 aliphatic carbocycles. The predicted molar refractivity (Wildman–Crippen MR) is 44.4 cm³/mol. The first-order valence-electron chi connectivity index (χ1n) is 3.07. The van der Waals surface area contributed by atoms with Gasteiger partial charge in [0.25, 0.3) is 0 Å². The molecule has 0 bridgehead atoms. The number of allylic oxidation sites excluding steroid dienone is 1. The average molecular weight is 160 g/mol. The Bertz CT molecular complexity index is 116. The van der Waals surface area contributed by atoms with Crippen LogP contribution in [0, 0.1) is 0 Å². The van der Waals surface area contributed by atoms with Gasteiger partial charge in [0.05, 0.1) is 5.75 Å². The van der Waals surface area contributed by atoms with Gasteiger partial charge in [-0.2, -0.15) is 0 Å². The summed E-state index contributed by atoms with van der Waals surface area (Å²) in [5.74, 6) is 0.321. The van der Waals surface area contributed by atoms with Gasteiger partial charge < -0.3 is 5.11 Å². The Morgan fingerprint density at radius 1 is 1.70 bits per heavy atom. The number of hydrogen-bond acceptors (Lipinski definition) is 2. The molecule has 0 fully saturated rings. The fourth-order valence-electron chi connectivity index (χ4n) is 0.406. The molecule has 0 radical (unpaired) electrons. The second-order valence-electron chi connectivity index (χ2n) is 2.15. The van der Waals surface area contributed by atoms with E-state index >= 15 is 0 Å². The van der Waals surface area contributed by atoms with Crippen LogP contribution in [-0.2, 0) is 4.79 Å². The van der Waals surface area contributed by atoms with Crippen LogP contribution in [0.1, 0.15) is 13.3 Å². The molecule has 0 aliphatic rings. The van der Waals surface area contributed by atoms with Crippen molar-refractivity contribution in [2.75, 3.05) is 11.5 Å². The number of rotatable bonds is 5. The number of hydrogen-bond donors (Lipinski definition) is 1. The van der Waals surface area contributed by atoms with Crippen LogP contribution in [0.3, 0.4) is 0 Å². The lowest BCUT2D eigenvalue weighted by Gasteiger charge is -1.96. The molecule has 58 valence electrons. The Morgan fingerprint density at radius 2 is 2.30 bits per heavy atom. The zero-order chi connectivity index (χ0) is 7.98. The van der Waals surface area contributed by atoms with Crippen LogP contribution in [0.2, 0.25) is 0 Å². The molecule has 3 heteroatoms. The van der Waals surface area contributed by atoms with Gasteiger partial charge in [0, 0.05) is 0 Å². The van der Waals surface area contributed by atoms with Crippen molar-refractivity contribution in [3.05, 3.63) is 12.2 Å². The van der Waals surface area contributed by atoms with E-state index in [0.717, 1.165) is 17.7 Å². The van der Waals surface area contributed by atoms with Crippen LogP contribution in [0.4, 0.5) is 0 Å². The van der Waals surface area contributed by atoms with Gasteiger partial charge in [-0.25, -0.2) is 0 Å². The van der Waals surface area contributed by atoms with Crippen molar-refractivity contribution < 1.29 is 9.90 Å². The largest absolute Gasteiger partial charge is 0.481 e. The summed E-state index contributed by atoms with van der Waals surface area (Å²) in [5, 5.41) is 8.24. The molecule has 1 N–H and O–H groups in total. The average Bonchev–Trinajstić information content (AvgIpc) is 1.79. The van der Waals surface area contributed by atoms with Crippen molar-refractivity contribution in [1.82, 2.24) is 0 Å². The number of aliphatic carboxylic acids is 1. The molecule has 0 aromatic rings. The highest BCUT2D eigenvalue weighted by atomic mass is 32.2. The summed E-state index contributed by atoms with van der Waals surface area (Å²) in [7, 11) is 0. The molecule has 2 nitrogen and oxygen atoms in total. The fourth-order valence-corrected chi connectivity index (χ4v) is 1.22. The summed E-state index contributed by atoms with van der Waals surface area (Å²) >= 11 is 1.43. The summed E-state index contributed by atoms with van der Waals surface area (Å²) in [4.78, 5) is 10.0. The van der Waals surface area contributed by atoms with Gasteiger partial charge in [-0.1, -0.05) is 5.57 Å². The Morgan fingerprint density at radius 3 is 2.70 bits per heavy atom. The molecule has 10 heavy (non-hydrogen) atoms. The molecule has 0 aromatic carbocycles. The first-order chi connectivity index (χ1) is 4.63. The van der Waals surface area contributed by atoms with Gasteiger partial charge in [0.1, 0.15) is 0 Å². The van der Waals surface area contributed by atoms with Crippen molar-refractivity contribution in [1.29, 1.82) is 0 Å². The minimum atomic E-state index is -0.744. The van der Waals surface area contributed by atoms with Gasteiger partial charge in [-0.05, 0) is 19.1 Å². The monoisotopic (exact) mass is 160 g/mol. The molecule has 0 rings (SSSR count). The smallest absolute Gasteiger partial charge is 0.313 e. The molecular weight excluding hydrogens is 148 g/mol. The van der Waals surface area contributed by atoms with Gasteiger partial charge in [-0.15, -0.1) is 18.3 Å². The van der Waals surface area contributed by atoms with E-state index in [4.69, 9.17) is 5.11 Å². The first kappa shape index (κ1) is 9.56. The van der Waals surface area contributed by atoms with E-state index in [1.54, 1.807) is 0 Å². The molecule has 0 spiro atoms. The third-order valence-corrected chi connectivity index (χ3v) is 1.84. The van der Waals surface area contributed by atoms with Gasteiger partial charge in [0.15, 0.2) is 0 Å². The van der Waals surface area contributed by atoms with E-state index in [1.165, 1.54) is 11.8 Å². The highest BCUT2D eigenvalue weighted by molar-refractivity contribution is 7.99. The van der Waals surface area contributed by atoms with Crippen LogP contribution < -0.4 is 0 Å². The molecule has 0 heterocycles. The minimum Gasteiger partial charge on any atom is -0.481 e. The number of thioether (sulfide) groups is 1. The molecule has 0 saturated heterocycles. The Kier molecular flexibility index (Phi) is 5.12. The second-order valence-corrected chi connectivity index (χ2v) is 3.26. The lowest BCUT2D eigenvalue weighted by atomic mass is 10.3. The van der Waals surface area contributed by atoms with Crippen LogP contribution in [0.5, 0.6) is 0 Å². The Labute approximate surface area is 65.3 Å². The van der Waals surface area contributed by atoms with Crippen molar-refractivity contribution >= 4 is 17.7 Å². The standard InChI is InChI=1S/C7H12O2S/c1-6(2)3-4-10-5-7(8)9/h1,3-5H2,2H3,(H,8,9). The van der Waals surface area contributed by atoms with Crippen LogP contribution >= 0.6 is 11.8 Å². The van der Waals surface area contributed by atoms with Crippen molar-refractivity contribution in [3.8, 4) is 0 Å². The van der Waals surface area contributed by atoms with E-state index in [1.807, 2.05) is 6.92 Å². The normalized spacial score (nSPS) is 9.30. The maximum absolute atomic E-state index is 10.0. The SMILES string of the molecule is C=C(C)CCSCC(=O)O. The van der Waals surface area contributed by atoms with E-state index in [2.05, 4.69) is 6.58 Å². The maximum atomic E-state index is 10.0. The third kappa shape index (κ3) is 7.56. The summed E-state index contributed by atoms with van der Waals surface area (Å²) < 4.78 is 0. The van der Waals surface area contributed by atoms with Crippen molar-refractivity contribution in [2.24, 2.45) is 0 Å². The minimum absolute atomic E-state index is 0.202. The fraction of sp³-hybridized carbons (Fsp3) is 0.571. The van der Waals surface area contributed by atoms with E-state index < -0.39 is 5.97 Å². The van der Waals surface area contributed by atoms with Gasteiger partial charge >= 0.3 is 5.97 Å². The topological polar surface area (TPSA) is 37.3 Å². The van der Waals surface area contributed by atoms with Crippen molar-refractivity contribution in [2.45, 2.75) is 13.3 Å². The number of carboxylic acid groups (broad SMARTS) is 1. The number of carboxylic acids is 1. The van der Waals surface area contributed by atoms with E-state index in [0.29, 0.717) is 0 Å². The lowest BCUT2D eigenvalue weighted by molar-refractivity contribution is -0.133. The Balaban J connectivity index is 3.06. The number of carbonyl (C=O) groups is 1. The van der Waals surface area contributed by atoms with Crippen LogP contribution in [0.15, 0.2) is 12.2 Å². The van der Waals surface area contributed by atoms with E-state index in [-0.39, 0.29) is 5.75 Å². The molecule has 0 unspecified atom stereocenters. The predicted octanol–water partition coefficient (Wildman–Crippen LogP) is 1.77. The van der Waals surface area contributed by atoms with E-state index in [9.17, 15) is 4.79 Å². The van der Waals surface area contributed by atoms with Crippen LogP contribution in [-0.4, -0.2) is 22.6 Å². The highest BCUT2D eigenvalue weighted by Crippen LogP contribution is 2.05. The second kappa shape index (κ2) is 5.35. The molecule has 0 aliphatic heterocycles. The zero-order valence-corrected chi connectivity index (χ0v) is 6.91. The summed E-state index contributed by atoms with van der Waals surface area (Å²) in [6.45, 7) is 5.66. The first-order valence-corrected chi connectivity index (χ1v) is 4.22. The zero-order valence-electron chi connectivity index (χ0n) is 6.09. The lowest BCUT2D eigenvalue weighted by Crippen LogP contribution is -1.98. The molecule has 0 atom stereocenters. The third-order valence-electron chi connectivity index (χ3n) is 0.899. The van der Waals surface area contributed by atoms with Gasteiger partial charge in [-0.3, -0.25) is 4.79 Å². The molecular formula is C7H12O2S. The summed E-state index contributed by atoms with van der Waals surface area (Å²) in [6, 6.07) is 0. The van der Waals surface area contributed by atoms with Crippen LogP contribution in [0.25, 0.3) is 0 Å². The maximum Gasteiger partial charge on any atom is 0.313 e. The van der Waals surface area contributed by atoms with Crippen molar-refractivity contribution in [3.63, 3.8) is 0 Å². The quantitative estimate of drug-likeness (QED) is 0.492. The van der Waals surface area contributed by atoms with Gasteiger partial charge in [0.2, 0.25) is 0 Å².